The molecular weight excluding hydrogens is 238 g/mol. The first-order chi connectivity index (χ1) is 9.26. The average molecular weight is 253 g/mol. The molecule has 0 aliphatic heterocycles. The summed E-state index contributed by atoms with van der Waals surface area (Å²) in [6.07, 6.45) is 3.48. The highest BCUT2D eigenvalue weighted by molar-refractivity contribution is 5.91. The fourth-order valence-electron chi connectivity index (χ4n) is 2.47. The SMILES string of the molecule is C=Cc1nc2c3ccccc3[nH]c(=O)n2c1CCC. The molecule has 0 atom stereocenters. The van der Waals surface area contributed by atoms with Crippen molar-refractivity contribution in [3.8, 4) is 0 Å². The summed E-state index contributed by atoms with van der Waals surface area (Å²) < 4.78 is 1.67. The molecule has 4 heteroatoms. The lowest BCUT2D eigenvalue weighted by molar-refractivity contribution is 0.843. The second-order valence-corrected chi connectivity index (χ2v) is 4.53. The molecule has 0 bridgehead atoms. The largest absolute Gasteiger partial charge is 0.332 e. The zero-order valence-corrected chi connectivity index (χ0v) is 10.8. The number of H-pyrrole nitrogens is 1. The average Bonchev–Trinajstić information content (AvgIpc) is 2.79. The van der Waals surface area contributed by atoms with Crippen LogP contribution in [-0.4, -0.2) is 14.4 Å². The Hall–Kier alpha value is -2.36. The summed E-state index contributed by atoms with van der Waals surface area (Å²) in [5.41, 5.74) is 3.10. The van der Waals surface area contributed by atoms with Crippen LogP contribution in [-0.2, 0) is 6.42 Å². The standard InChI is InChI=1S/C15H15N3O/c1-3-7-13-11(4-2)16-14-10-8-5-6-9-12(10)17-15(19)18(13)14/h4-6,8-9H,2-3,7H2,1H3,(H,17,19). The van der Waals surface area contributed by atoms with Gasteiger partial charge in [0, 0.05) is 5.39 Å². The monoisotopic (exact) mass is 253 g/mol. The number of aromatic amines is 1. The molecule has 0 saturated heterocycles. The number of nitrogens with one attached hydrogen (secondary N) is 1. The zero-order chi connectivity index (χ0) is 13.4. The predicted molar refractivity (Wildman–Crippen MR) is 77.4 cm³/mol. The summed E-state index contributed by atoms with van der Waals surface area (Å²) in [4.78, 5) is 19.7. The number of hydrogen-bond acceptors (Lipinski definition) is 2. The molecular formula is C15H15N3O. The molecule has 0 fully saturated rings. The lowest BCUT2D eigenvalue weighted by Crippen LogP contribution is -2.18. The first-order valence-electron chi connectivity index (χ1n) is 6.41. The minimum absolute atomic E-state index is 0.141. The van der Waals surface area contributed by atoms with Gasteiger partial charge in [-0.15, -0.1) is 0 Å². The molecule has 0 radical (unpaired) electrons. The van der Waals surface area contributed by atoms with Gasteiger partial charge < -0.3 is 4.98 Å². The number of para-hydroxylation sites is 1. The van der Waals surface area contributed by atoms with Crippen LogP contribution in [0.5, 0.6) is 0 Å². The maximum absolute atomic E-state index is 12.3. The molecule has 1 aromatic carbocycles. The Kier molecular flexibility index (Phi) is 2.71. The van der Waals surface area contributed by atoms with Gasteiger partial charge in [-0.25, -0.2) is 14.2 Å². The third-order valence-electron chi connectivity index (χ3n) is 3.30. The number of fused-ring (bicyclic) bond motifs is 3. The van der Waals surface area contributed by atoms with Crippen molar-refractivity contribution in [2.75, 3.05) is 0 Å². The molecule has 19 heavy (non-hydrogen) atoms. The molecule has 1 N–H and O–H groups in total. The summed E-state index contributed by atoms with van der Waals surface area (Å²) in [7, 11) is 0. The van der Waals surface area contributed by atoms with E-state index in [2.05, 4.69) is 23.5 Å². The molecule has 0 aliphatic rings. The minimum Gasteiger partial charge on any atom is -0.306 e. The summed E-state index contributed by atoms with van der Waals surface area (Å²) in [6, 6.07) is 7.70. The first-order valence-corrected chi connectivity index (χ1v) is 6.41. The molecule has 2 aromatic heterocycles. The Bertz CT molecular complexity index is 826. The van der Waals surface area contributed by atoms with Crippen LogP contribution in [0.2, 0.25) is 0 Å². The Balaban J connectivity index is 2.53. The maximum atomic E-state index is 12.3. The van der Waals surface area contributed by atoms with Crippen molar-refractivity contribution in [1.29, 1.82) is 0 Å². The van der Waals surface area contributed by atoms with E-state index in [-0.39, 0.29) is 5.69 Å². The Morgan fingerprint density at radius 3 is 2.95 bits per heavy atom. The van der Waals surface area contributed by atoms with Gasteiger partial charge in [-0.3, -0.25) is 0 Å². The normalized spacial score (nSPS) is 11.2. The van der Waals surface area contributed by atoms with Gasteiger partial charge >= 0.3 is 5.69 Å². The topological polar surface area (TPSA) is 50.2 Å². The van der Waals surface area contributed by atoms with Crippen molar-refractivity contribution in [2.24, 2.45) is 0 Å². The molecule has 3 aromatic rings. The Labute approximate surface area is 110 Å². The number of benzene rings is 1. The van der Waals surface area contributed by atoms with Gasteiger partial charge in [-0.2, -0.15) is 0 Å². The van der Waals surface area contributed by atoms with Crippen molar-refractivity contribution >= 4 is 22.6 Å². The molecule has 96 valence electrons. The van der Waals surface area contributed by atoms with E-state index in [1.807, 2.05) is 24.3 Å². The first kappa shape index (κ1) is 11.7. The molecule has 0 unspecified atom stereocenters. The molecule has 2 heterocycles. The van der Waals surface area contributed by atoms with Gasteiger partial charge in [0.1, 0.15) is 0 Å². The smallest absolute Gasteiger partial charge is 0.306 e. The van der Waals surface area contributed by atoms with Crippen molar-refractivity contribution in [1.82, 2.24) is 14.4 Å². The quantitative estimate of drug-likeness (QED) is 0.780. The summed E-state index contributed by atoms with van der Waals surface area (Å²) in [5, 5.41) is 0.951. The molecule has 4 nitrogen and oxygen atoms in total. The molecule has 0 amide bonds. The third kappa shape index (κ3) is 1.68. The van der Waals surface area contributed by atoms with E-state index >= 15 is 0 Å². The fourth-order valence-corrected chi connectivity index (χ4v) is 2.47. The minimum atomic E-state index is -0.141. The molecule has 0 saturated carbocycles. The number of nitrogens with zero attached hydrogens (tertiary/aromatic N) is 2. The number of imidazole rings is 1. The van der Waals surface area contributed by atoms with E-state index in [9.17, 15) is 4.79 Å². The van der Waals surface area contributed by atoms with Crippen LogP contribution in [0, 0.1) is 0 Å². The number of rotatable bonds is 3. The van der Waals surface area contributed by atoms with Gasteiger partial charge in [0.25, 0.3) is 0 Å². The van der Waals surface area contributed by atoms with Crippen LogP contribution in [0.25, 0.3) is 22.6 Å². The summed E-state index contributed by atoms with van der Waals surface area (Å²) in [6.45, 7) is 5.88. The second-order valence-electron chi connectivity index (χ2n) is 4.53. The number of aromatic nitrogens is 3. The fraction of sp³-hybridized carbons (Fsp3) is 0.200. The van der Waals surface area contributed by atoms with Crippen molar-refractivity contribution in [2.45, 2.75) is 19.8 Å². The second kappa shape index (κ2) is 4.39. The van der Waals surface area contributed by atoms with Crippen molar-refractivity contribution in [3.05, 3.63) is 52.7 Å². The van der Waals surface area contributed by atoms with E-state index in [1.165, 1.54) is 0 Å². The van der Waals surface area contributed by atoms with Gasteiger partial charge in [-0.1, -0.05) is 32.1 Å². The maximum Gasteiger partial charge on any atom is 0.332 e. The van der Waals surface area contributed by atoms with Gasteiger partial charge in [-0.05, 0) is 24.6 Å². The highest BCUT2D eigenvalue weighted by atomic mass is 16.1. The zero-order valence-electron chi connectivity index (χ0n) is 10.8. The number of hydrogen-bond donors (Lipinski definition) is 1. The van der Waals surface area contributed by atoms with Gasteiger partial charge in [0.2, 0.25) is 0 Å². The van der Waals surface area contributed by atoms with E-state index in [4.69, 9.17) is 0 Å². The van der Waals surface area contributed by atoms with Crippen molar-refractivity contribution in [3.63, 3.8) is 0 Å². The van der Waals surface area contributed by atoms with Gasteiger partial charge in [0.15, 0.2) is 5.65 Å². The molecule has 0 aliphatic carbocycles. The lowest BCUT2D eigenvalue weighted by Gasteiger charge is -2.02. The van der Waals surface area contributed by atoms with Gasteiger partial charge in [0.05, 0.1) is 16.9 Å². The molecule has 0 spiro atoms. The van der Waals surface area contributed by atoms with Crippen LogP contribution in [0.15, 0.2) is 35.6 Å². The van der Waals surface area contributed by atoms with Crippen molar-refractivity contribution < 1.29 is 0 Å². The van der Waals surface area contributed by atoms with E-state index in [1.54, 1.807) is 10.5 Å². The predicted octanol–water partition coefficient (Wildman–Crippen LogP) is 2.77. The van der Waals surface area contributed by atoms with E-state index in [0.29, 0.717) is 5.65 Å². The van der Waals surface area contributed by atoms with Crippen LogP contribution in [0.1, 0.15) is 24.7 Å². The Morgan fingerprint density at radius 1 is 1.42 bits per heavy atom. The highest BCUT2D eigenvalue weighted by Crippen LogP contribution is 2.20. The number of aryl methyl sites for hydroxylation is 1. The highest BCUT2D eigenvalue weighted by Gasteiger charge is 2.14. The van der Waals surface area contributed by atoms with Crippen LogP contribution < -0.4 is 5.69 Å². The third-order valence-corrected chi connectivity index (χ3v) is 3.30. The Morgan fingerprint density at radius 2 is 2.21 bits per heavy atom. The van der Waals surface area contributed by atoms with Crippen LogP contribution >= 0.6 is 0 Å². The van der Waals surface area contributed by atoms with E-state index in [0.717, 1.165) is 35.1 Å². The van der Waals surface area contributed by atoms with Crippen LogP contribution in [0.3, 0.4) is 0 Å². The van der Waals surface area contributed by atoms with Crippen LogP contribution in [0.4, 0.5) is 0 Å². The molecule has 3 rings (SSSR count). The lowest BCUT2D eigenvalue weighted by atomic mass is 10.2. The summed E-state index contributed by atoms with van der Waals surface area (Å²) in [5.74, 6) is 0. The van der Waals surface area contributed by atoms with E-state index < -0.39 is 0 Å². The summed E-state index contributed by atoms with van der Waals surface area (Å²) >= 11 is 0.